The molecular weight excluding hydrogens is 523 g/mol. The maximum atomic E-state index is 14.0. The van der Waals surface area contributed by atoms with Gasteiger partial charge in [0.25, 0.3) is 11.6 Å². The Morgan fingerprint density at radius 3 is 2.46 bits per heavy atom. The van der Waals surface area contributed by atoms with E-state index >= 15 is 0 Å². The van der Waals surface area contributed by atoms with Crippen molar-refractivity contribution in [3.8, 4) is 0 Å². The molecule has 1 heterocycles. The van der Waals surface area contributed by atoms with E-state index in [2.05, 4.69) is 18.4 Å². The van der Waals surface area contributed by atoms with E-state index in [1.807, 2.05) is 23.2 Å². The zero-order valence-corrected chi connectivity index (χ0v) is 23.9. The minimum absolute atomic E-state index is 0.0743. The van der Waals surface area contributed by atoms with Crippen LogP contribution >= 0.6 is 0 Å². The van der Waals surface area contributed by atoms with Crippen molar-refractivity contribution in [3.05, 3.63) is 99.6 Å². The first-order chi connectivity index (χ1) is 19.7. The number of benzene rings is 2. The molecule has 0 atom stereocenters. The van der Waals surface area contributed by atoms with Crippen LogP contribution in [0.25, 0.3) is 0 Å². The van der Waals surface area contributed by atoms with E-state index in [1.165, 1.54) is 35.2 Å². The van der Waals surface area contributed by atoms with E-state index in [0.717, 1.165) is 43.4 Å². The van der Waals surface area contributed by atoms with E-state index in [9.17, 15) is 24.1 Å². The van der Waals surface area contributed by atoms with Crippen molar-refractivity contribution in [2.75, 3.05) is 13.1 Å². The van der Waals surface area contributed by atoms with Crippen molar-refractivity contribution >= 4 is 17.5 Å². The fraction of sp³-hybridized carbons (Fsp3) is 0.438. The van der Waals surface area contributed by atoms with Gasteiger partial charge in [-0.15, -0.1) is 0 Å². The van der Waals surface area contributed by atoms with Crippen LogP contribution in [0.5, 0.6) is 0 Å². The molecule has 0 aliphatic heterocycles. The highest BCUT2D eigenvalue weighted by atomic mass is 19.1. The van der Waals surface area contributed by atoms with Gasteiger partial charge in [0.2, 0.25) is 5.91 Å². The predicted molar refractivity (Wildman–Crippen MR) is 156 cm³/mol. The molecule has 41 heavy (non-hydrogen) atoms. The summed E-state index contributed by atoms with van der Waals surface area (Å²) in [6, 6.07) is 16.1. The fourth-order valence-electron chi connectivity index (χ4n) is 5.38. The van der Waals surface area contributed by atoms with Gasteiger partial charge in [0.15, 0.2) is 0 Å². The lowest BCUT2D eigenvalue weighted by molar-refractivity contribution is -0.384. The molecule has 1 saturated carbocycles. The Kier molecular flexibility index (Phi) is 10.3. The maximum absolute atomic E-state index is 14.0. The summed E-state index contributed by atoms with van der Waals surface area (Å²) in [5.74, 6) is -0.480. The van der Waals surface area contributed by atoms with Gasteiger partial charge >= 0.3 is 0 Å². The van der Waals surface area contributed by atoms with Gasteiger partial charge in [-0.25, -0.2) is 4.39 Å². The van der Waals surface area contributed by atoms with Crippen LogP contribution in [-0.2, 0) is 17.9 Å². The summed E-state index contributed by atoms with van der Waals surface area (Å²) in [6.07, 6.45) is 7.74. The summed E-state index contributed by atoms with van der Waals surface area (Å²) in [5, 5.41) is 11.3. The smallest absolute Gasteiger partial charge is 0.270 e. The van der Waals surface area contributed by atoms with Gasteiger partial charge in [0.05, 0.1) is 11.5 Å². The normalized spacial score (nSPS) is 13.8. The summed E-state index contributed by atoms with van der Waals surface area (Å²) in [5.41, 5.74) is 1.97. The van der Waals surface area contributed by atoms with Gasteiger partial charge in [-0.2, -0.15) is 0 Å². The quantitative estimate of drug-likeness (QED) is 0.188. The third kappa shape index (κ3) is 8.25. The maximum Gasteiger partial charge on any atom is 0.270 e. The van der Waals surface area contributed by atoms with Gasteiger partial charge in [0.1, 0.15) is 12.4 Å². The molecule has 4 rings (SSSR count). The second-order valence-electron chi connectivity index (χ2n) is 11.3. The van der Waals surface area contributed by atoms with E-state index in [1.54, 1.807) is 18.2 Å². The summed E-state index contributed by atoms with van der Waals surface area (Å²) in [7, 11) is 0. The number of aromatic nitrogens is 1. The lowest BCUT2D eigenvalue weighted by Gasteiger charge is -2.36. The number of halogens is 1. The second-order valence-corrected chi connectivity index (χ2v) is 11.3. The average Bonchev–Trinajstić information content (AvgIpc) is 3.41. The minimum Gasteiger partial charge on any atom is -0.345 e. The number of nitro groups is 1. The Labute approximate surface area is 240 Å². The van der Waals surface area contributed by atoms with Gasteiger partial charge < -0.3 is 14.4 Å². The monoisotopic (exact) mass is 562 g/mol. The van der Waals surface area contributed by atoms with Gasteiger partial charge in [-0.3, -0.25) is 19.7 Å². The third-order valence-electron chi connectivity index (χ3n) is 7.75. The van der Waals surface area contributed by atoms with E-state index in [4.69, 9.17) is 0 Å². The Morgan fingerprint density at radius 1 is 1.05 bits per heavy atom. The highest BCUT2D eigenvalue weighted by Gasteiger charge is 2.29. The lowest BCUT2D eigenvalue weighted by atomic mass is 9.94. The molecule has 1 aliphatic carbocycles. The Hall–Kier alpha value is -4.01. The van der Waals surface area contributed by atoms with E-state index < -0.39 is 4.92 Å². The van der Waals surface area contributed by atoms with Gasteiger partial charge in [0, 0.05) is 48.7 Å². The highest BCUT2D eigenvalue weighted by Crippen LogP contribution is 2.25. The number of carbonyl (C=O) groups excluding carboxylic acids is 2. The molecule has 2 amide bonds. The van der Waals surface area contributed by atoms with Crippen molar-refractivity contribution in [3.63, 3.8) is 0 Å². The number of hydrogen-bond donors (Lipinski definition) is 0. The molecule has 0 bridgehead atoms. The Morgan fingerprint density at radius 2 is 1.78 bits per heavy atom. The van der Waals surface area contributed by atoms with Crippen LogP contribution in [-0.4, -0.2) is 50.2 Å². The molecule has 8 nitrogen and oxygen atoms in total. The van der Waals surface area contributed by atoms with Crippen LogP contribution in [0.4, 0.5) is 10.1 Å². The summed E-state index contributed by atoms with van der Waals surface area (Å²) in [6.45, 7) is 5.36. The zero-order valence-electron chi connectivity index (χ0n) is 23.9. The first kappa shape index (κ1) is 30.0. The first-order valence-electron chi connectivity index (χ1n) is 14.4. The second kappa shape index (κ2) is 14.1. The zero-order chi connectivity index (χ0) is 29.4. The number of carbonyl (C=O) groups is 2. The first-order valence-corrected chi connectivity index (χ1v) is 14.4. The molecule has 3 aromatic rings. The van der Waals surface area contributed by atoms with Crippen molar-refractivity contribution in [2.45, 2.75) is 71.5 Å². The van der Waals surface area contributed by atoms with Crippen molar-refractivity contribution in [1.82, 2.24) is 14.4 Å². The van der Waals surface area contributed by atoms with Crippen molar-refractivity contribution in [2.24, 2.45) is 5.92 Å². The molecule has 1 aliphatic rings. The molecule has 1 aromatic heterocycles. The fourth-order valence-corrected chi connectivity index (χ4v) is 5.38. The Bertz CT molecular complexity index is 1330. The van der Waals surface area contributed by atoms with Gasteiger partial charge in [-0.1, -0.05) is 51.3 Å². The molecule has 0 radical (unpaired) electrons. The number of hydrogen-bond acceptors (Lipinski definition) is 4. The van der Waals surface area contributed by atoms with E-state index in [0.29, 0.717) is 32.0 Å². The molecule has 1 fully saturated rings. The third-order valence-corrected chi connectivity index (χ3v) is 7.75. The largest absolute Gasteiger partial charge is 0.345 e. The van der Waals surface area contributed by atoms with Crippen LogP contribution in [0.3, 0.4) is 0 Å². The molecule has 2 aromatic carbocycles. The average molecular weight is 563 g/mol. The number of nitro benzene ring substituents is 1. The molecule has 9 heteroatoms. The summed E-state index contributed by atoms with van der Waals surface area (Å²) >= 11 is 0. The molecule has 0 N–H and O–H groups in total. The van der Waals surface area contributed by atoms with Crippen LogP contribution in [0.1, 0.15) is 74.0 Å². The molecule has 0 spiro atoms. The molecule has 0 saturated heterocycles. The number of nitrogens with zero attached hydrogens (tertiary/aromatic N) is 4. The standard InChI is InChI=1S/C32H39FN4O4/c1-24(2)17-19-35(32(39)26-8-6-11-29(20-26)37(40)41)23-31(38)36(28-9-4-3-5-10-28)22-30-12-7-18-34(30)21-25-13-15-27(33)16-14-25/h6-8,11-16,18,20,24,28H,3-5,9-10,17,19,21-23H2,1-2H3. The number of non-ortho nitro benzene ring substituents is 1. The van der Waals surface area contributed by atoms with Crippen molar-refractivity contribution in [1.29, 1.82) is 0 Å². The number of rotatable bonds is 12. The topological polar surface area (TPSA) is 88.7 Å². The minimum atomic E-state index is -0.522. The predicted octanol–water partition coefficient (Wildman–Crippen LogP) is 6.43. The lowest BCUT2D eigenvalue weighted by Crippen LogP contribution is -2.48. The van der Waals surface area contributed by atoms with Crippen molar-refractivity contribution < 1.29 is 18.9 Å². The Balaban J connectivity index is 1.57. The van der Waals surface area contributed by atoms with Crippen LogP contribution < -0.4 is 0 Å². The molecule has 218 valence electrons. The highest BCUT2D eigenvalue weighted by molar-refractivity contribution is 5.97. The summed E-state index contributed by atoms with van der Waals surface area (Å²) < 4.78 is 15.5. The van der Waals surface area contributed by atoms with E-state index in [-0.39, 0.29) is 41.5 Å². The number of amides is 2. The van der Waals surface area contributed by atoms with Crippen LogP contribution in [0.2, 0.25) is 0 Å². The SMILES string of the molecule is CC(C)CCN(CC(=O)N(Cc1cccn1Cc1ccc(F)cc1)C1CCCCC1)C(=O)c1cccc([N+](=O)[O-])c1. The summed E-state index contributed by atoms with van der Waals surface area (Å²) in [4.78, 5) is 41.8. The van der Waals surface area contributed by atoms with Crippen LogP contribution in [0, 0.1) is 21.8 Å². The molecular formula is C32H39FN4O4. The van der Waals surface area contributed by atoms with Crippen LogP contribution in [0.15, 0.2) is 66.9 Å². The van der Waals surface area contributed by atoms with Gasteiger partial charge in [-0.05, 0) is 61.1 Å². The molecule has 0 unspecified atom stereocenters.